The highest BCUT2D eigenvalue weighted by atomic mass is 35.5. The lowest BCUT2D eigenvalue weighted by atomic mass is 9.88. The van der Waals surface area contributed by atoms with Gasteiger partial charge in [0.05, 0.1) is 10.9 Å². The highest BCUT2D eigenvalue weighted by molar-refractivity contribution is 6.34. The summed E-state index contributed by atoms with van der Waals surface area (Å²) in [5.74, 6) is -0.927. The molecule has 0 bridgehead atoms. The number of anilines is 1. The van der Waals surface area contributed by atoms with Crippen molar-refractivity contribution in [2.45, 2.75) is 31.6 Å². The molecule has 0 aromatic heterocycles. The fraction of sp³-hybridized carbons (Fsp3) is 0.250. The number of aryl methyl sites for hydroxylation is 1. The van der Waals surface area contributed by atoms with Crippen LogP contribution in [0.3, 0.4) is 0 Å². The van der Waals surface area contributed by atoms with Crippen LogP contribution < -0.4 is 10.6 Å². The molecule has 3 amide bonds. The summed E-state index contributed by atoms with van der Waals surface area (Å²) in [5, 5.41) is 5.78. The van der Waals surface area contributed by atoms with E-state index in [1.54, 1.807) is 0 Å². The monoisotopic (exact) mass is 368 g/mol. The molecule has 2 aliphatic heterocycles. The summed E-state index contributed by atoms with van der Waals surface area (Å²) in [6.45, 7) is 0. The van der Waals surface area contributed by atoms with Crippen molar-refractivity contribution in [1.29, 1.82) is 0 Å². The number of amides is 3. The minimum Gasteiger partial charge on any atom is -0.326 e. The van der Waals surface area contributed by atoms with Crippen LogP contribution in [0, 0.1) is 0 Å². The number of nitrogens with one attached hydrogen (secondary N) is 2. The Morgan fingerprint density at radius 3 is 2.54 bits per heavy atom. The van der Waals surface area contributed by atoms with E-state index in [-0.39, 0.29) is 17.7 Å². The highest BCUT2D eigenvalue weighted by Gasteiger charge is 2.30. The second-order valence-corrected chi connectivity index (χ2v) is 7.01. The number of piperidine rings is 1. The molecule has 1 unspecified atom stereocenters. The Labute approximate surface area is 155 Å². The fourth-order valence-corrected chi connectivity index (χ4v) is 3.95. The van der Waals surface area contributed by atoms with Gasteiger partial charge in [-0.25, -0.2) is 0 Å². The van der Waals surface area contributed by atoms with Gasteiger partial charge in [0, 0.05) is 24.1 Å². The molecule has 4 rings (SSSR count). The van der Waals surface area contributed by atoms with Crippen molar-refractivity contribution in [3.63, 3.8) is 0 Å². The van der Waals surface area contributed by atoms with Crippen molar-refractivity contribution in [2.24, 2.45) is 0 Å². The standard InChI is InChI=1S/C20H17ClN2O3/c21-19-13(11-4-7-16-12(10-11)5-8-17(24)22-16)2-1-3-14(19)15-6-9-18(25)23-20(15)26/h1-4,7,10,15H,5-6,8-9H2,(H,22,24)(H,23,25,26). The maximum atomic E-state index is 12.2. The van der Waals surface area contributed by atoms with Gasteiger partial charge in [0.25, 0.3) is 0 Å². The normalized spacial score (nSPS) is 19.6. The third-order valence-corrected chi connectivity index (χ3v) is 5.38. The second kappa shape index (κ2) is 6.57. The Morgan fingerprint density at radius 1 is 0.923 bits per heavy atom. The zero-order valence-electron chi connectivity index (χ0n) is 14.0. The maximum absolute atomic E-state index is 12.2. The Morgan fingerprint density at radius 2 is 1.73 bits per heavy atom. The number of benzene rings is 2. The van der Waals surface area contributed by atoms with Crippen molar-refractivity contribution < 1.29 is 14.4 Å². The molecular weight excluding hydrogens is 352 g/mol. The lowest BCUT2D eigenvalue weighted by molar-refractivity contribution is -0.134. The molecule has 1 saturated heterocycles. The third-order valence-electron chi connectivity index (χ3n) is 4.95. The molecule has 132 valence electrons. The fourth-order valence-electron chi connectivity index (χ4n) is 3.58. The topological polar surface area (TPSA) is 75.3 Å². The van der Waals surface area contributed by atoms with E-state index in [0.29, 0.717) is 30.7 Å². The summed E-state index contributed by atoms with van der Waals surface area (Å²) in [5.41, 5.74) is 4.43. The van der Waals surface area contributed by atoms with E-state index in [2.05, 4.69) is 10.6 Å². The molecule has 2 heterocycles. The molecule has 1 atom stereocenters. The number of carbonyl (C=O) groups is 3. The van der Waals surface area contributed by atoms with Crippen LogP contribution in [0.5, 0.6) is 0 Å². The van der Waals surface area contributed by atoms with Crippen LogP contribution >= 0.6 is 11.6 Å². The van der Waals surface area contributed by atoms with Gasteiger partial charge in [0.15, 0.2) is 0 Å². The van der Waals surface area contributed by atoms with Crippen LogP contribution in [0.4, 0.5) is 5.69 Å². The first-order chi connectivity index (χ1) is 12.5. The van der Waals surface area contributed by atoms with Gasteiger partial charge in [-0.15, -0.1) is 0 Å². The molecule has 26 heavy (non-hydrogen) atoms. The van der Waals surface area contributed by atoms with Gasteiger partial charge in [0.2, 0.25) is 17.7 Å². The summed E-state index contributed by atoms with van der Waals surface area (Å²) in [7, 11) is 0. The smallest absolute Gasteiger partial charge is 0.234 e. The first kappa shape index (κ1) is 16.8. The lowest BCUT2D eigenvalue weighted by Gasteiger charge is -2.23. The number of hydrogen-bond acceptors (Lipinski definition) is 3. The Kier molecular flexibility index (Phi) is 4.24. The van der Waals surface area contributed by atoms with E-state index >= 15 is 0 Å². The number of rotatable bonds is 2. The lowest BCUT2D eigenvalue weighted by Crippen LogP contribution is -2.39. The SMILES string of the molecule is O=C1CCC(c2cccc(-c3ccc4c(c3)CCC(=O)N4)c2Cl)C(=O)N1. The molecule has 2 aliphatic rings. The molecule has 2 N–H and O–H groups in total. The highest BCUT2D eigenvalue weighted by Crippen LogP contribution is 2.38. The van der Waals surface area contributed by atoms with Crippen molar-refractivity contribution in [3.8, 4) is 11.1 Å². The van der Waals surface area contributed by atoms with Crippen LogP contribution in [-0.4, -0.2) is 17.7 Å². The van der Waals surface area contributed by atoms with Crippen molar-refractivity contribution in [1.82, 2.24) is 5.32 Å². The van der Waals surface area contributed by atoms with Gasteiger partial charge < -0.3 is 5.32 Å². The van der Waals surface area contributed by atoms with Crippen LogP contribution in [0.1, 0.15) is 36.3 Å². The van der Waals surface area contributed by atoms with Gasteiger partial charge in [-0.2, -0.15) is 0 Å². The third kappa shape index (κ3) is 2.99. The zero-order valence-corrected chi connectivity index (χ0v) is 14.7. The number of imide groups is 1. The molecule has 1 fully saturated rings. The number of carbonyl (C=O) groups excluding carboxylic acids is 3. The summed E-state index contributed by atoms with van der Waals surface area (Å²) in [4.78, 5) is 35.1. The molecule has 5 nitrogen and oxygen atoms in total. The number of hydrogen-bond donors (Lipinski definition) is 2. The van der Waals surface area contributed by atoms with Crippen molar-refractivity contribution in [3.05, 3.63) is 52.5 Å². The molecular formula is C20H17ClN2O3. The zero-order chi connectivity index (χ0) is 18.3. The molecule has 2 aromatic rings. The maximum Gasteiger partial charge on any atom is 0.234 e. The van der Waals surface area contributed by atoms with Crippen LogP contribution in [0.15, 0.2) is 36.4 Å². The van der Waals surface area contributed by atoms with Gasteiger partial charge in [-0.3, -0.25) is 19.7 Å². The van der Waals surface area contributed by atoms with E-state index in [4.69, 9.17) is 11.6 Å². The molecule has 0 aliphatic carbocycles. The first-order valence-corrected chi connectivity index (χ1v) is 8.96. The van der Waals surface area contributed by atoms with E-state index < -0.39 is 5.92 Å². The van der Waals surface area contributed by atoms with Gasteiger partial charge in [0.1, 0.15) is 0 Å². The summed E-state index contributed by atoms with van der Waals surface area (Å²) >= 11 is 6.65. The van der Waals surface area contributed by atoms with Crippen LogP contribution in [-0.2, 0) is 20.8 Å². The minimum atomic E-state index is -0.419. The van der Waals surface area contributed by atoms with E-state index in [0.717, 1.165) is 27.9 Å². The number of halogens is 1. The average Bonchev–Trinajstić information content (AvgIpc) is 2.62. The summed E-state index contributed by atoms with van der Waals surface area (Å²) in [6, 6.07) is 11.5. The predicted octanol–water partition coefficient (Wildman–Crippen LogP) is 3.41. The van der Waals surface area contributed by atoms with Gasteiger partial charge in [-0.1, -0.05) is 35.9 Å². The molecule has 6 heteroatoms. The van der Waals surface area contributed by atoms with Crippen LogP contribution in [0.2, 0.25) is 5.02 Å². The van der Waals surface area contributed by atoms with Crippen molar-refractivity contribution in [2.75, 3.05) is 5.32 Å². The predicted molar refractivity (Wildman–Crippen MR) is 99.0 cm³/mol. The van der Waals surface area contributed by atoms with Crippen molar-refractivity contribution >= 4 is 35.0 Å². The summed E-state index contributed by atoms with van der Waals surface area (Å²) in [6.07, 6.45) is 1.94. The van der Waals surface area contributed by atoms with E-state index in [9.17, 15) is 14.4 Å². The minimum absolute atomic E-state index is 0.0307. The Hall–Kier alpha value is -2.66. The Bertz CT molecular complexity index is 939. The van der Waals surface area contributed by atoms with E-state index in [1.807, 2.05) is 36.4 Å². The number of fused-ring (bicyclic) bond motifs is 1. The average molecular weight is 369 g/mol. The molecule has 0 radical (unpaired) electrons. The second-order valence-electron chi connectivity index (χ2n) is 6.63. The molecule has 0 spiro atoms. The molecule has 0 saturated carbocycles. The molecule has 2 aromatic carbocycles. The summed E-state index contributed by atoms with van der Waals surface area (Å²) < 4.78 is 0. The largest absolute Gasteiger partial charge is 0.326 e. The van der Waals surface area contributed by atoms with E-state index in [1.165, 1.54) is 0 Å². The Balaban J connectivity index is 1.71. The van der Waals surface area contributed by atoms with Crippen LogP contribution in [0.25, 0.3) is 11.1 Å². The van der Waals surface area contributed by atoms with Gasteiger partial charge >= 0.3 is 0 Å². The first-order valence-electron chi connectivity index (χ1n) is 8.58. The van der Waals surface area contributed by atoms with Gasteiger partial charge in [-0.05, 0) is 41.7 Å². The quantitative estimate of drug-likeness (QED) is 0.797.